The van der Waals surface area contributed by atoms with E-state index in [1.54, 1.807) is 14.2 Å². The number of benzene rings is 2. The molecule has 2 aromatic carbocycles. The molecular weight excluding hydrogens is 314 g/mol. The number of ether oxygens (including phenoxy) is 2. The molecule has 3 rings (SSSR count). The molecule has 25 heavy (non-hydrogen) atoms. The van der Waals surface area contributed by atoms with Crippen molar-refractivity contribution in [2.45, 2.75) is 13.1 Å². The van der Waals surface area contributed by atoms with E-state index in [1.807, 2.05) is 24.3 Å². The predicted octanol–water partition coefficient (Wildman–Crippen LogP) is 2.60. The van der Waals surface area contributed by atoms with Gasteiger partial charge in [0.2, 0.25) is 0 Å². The lowest BCUT2D eigenvalue weighted by atomic mass is 10.1. The Kier molecular flexibility index (Phi) is 5.79. The zero-order valence-corrected chi connectivity index (χ0v) is 15.1. The molecule has 0 spiro atoms. The first-order valence-electron chi connectivity index (χ1n) is 8.68. The molecule has 134 valence electrons. The molecule has 0 aliphatic carbocycles. The quantitative estimate of drug-likeness (QED) is 0.819. The van der Waals surface area contributed by atoms with Crippen LogP contribution in [0.5, 0.6) is 11.5 Å². The Morgan fingerprint density at radius 3 is 2.24 bits per heavy atom. The van der Waals surface area contributed by atoms with Gasteiger partial charge in [-0.05, 0) is 35.9 Å². The van der Waals surface area contributed by atoms with Gasteiger partial charge >= 0.3 is 0 Å². The maximum absolute atomic E-state index is 5.87. The molecule has 1 heterocycles. The lowest BCUT2D eigenvalue weighted by Gasteiger charge is -2.35. The fourth-order valence-electron chi connectivity index (χ4n) is 3.30. The van der Waals surface area contributed by atoms with E-state index in [1.165, 1.54) is 11.1 Å². The number of piperazine rings is 1. The van der Waals surface area contributed by atoms with Gasteiger partial charge in [-0.2, -0.15) is 0 Å². The molecule has 0 bridgehead atoms. The van der Waals surface area contributed by atoms with Crippen LogP contribution < -0.4 is 15.2 Å². The van der Waals surface area contributed by atoms with Crippen LogP contribution in [0.15, 0.2) is 42.5 Å². The van der Waals surface area contributed by atoms with Crippen LogP contribution in [0.1, 0.15) is 11.1 Å². The normalized spacial score (nSPS) is 15.9. The fourth-order valence-corrected chi connectivity index (χ4v) is 3.30. The second-order valence-corrected chi connectivity index (χ2v) is 6.48. The number of methoxy groups -OCH3 is 2. The molecule has 0 saturated carbocycles. The third kappa shape index (κ3) is 4.65. The molecule has 1 fully saturated rings. The summed E-state index contributed by atoms with van der Waals surface area (Å²) in [5.74, 6) is 1.79. The third-order valence-corrected chi connectivity index (χ3v) is 4.70. The molecule has 5 nitrogen and oxygen atoms in total. The molecule has 0 radical (unpaired) electrons. The number of hydrogen-bond acceptors (Lipinski definition) is 5. The van der Waals surface area contributed by atoms with Crippen LogP contribution in [0, 0.1) is 0 Å². The van der Waals surface area contributed by atoms with Crippen molar-refractivity contribution in [1.29, 1.82) is 0 Å². The maximum atomic E-state index is 5.87. The Morgan fingerprint density at radius 1 is 0.880 bits per heavy atom. The Morgan fingerprint density at radius 2 is 1.60 bits per heavy atom. The van der Waals surface area contributed by atoms with E-state index in [4.69, 9.17) is 15.2 Å². The van der Waals surface area contributed by atoms with Gasteiger partial charge in [-0.1, -0.05) is 12.1 Å². The molecule has 0 atom stereocenters. The zero-order chi connectivity index (χ0) is 17.6. The Bertz CT molecular complexity index is 697. The van der Waals surface area contributed by atoms with Gasteiger partial charge in [0.1, 0.15) is 11.5 Å². The number of nitrogens with zero attached hydrogens (tertiary/aromatic N) is 2. The summed E-state index contributed by atoms with van der Waals surface area (Å²) in [6.07, 6.45) is 0. The topological polar surface area (TPSA) is 51.0 Å². The van der Waals surface area contributed by atoms with Gasteiger partial charge in [-0.25, -0.2) is 0 Å². The molecule has 0 aromatic heterocycles. The number of hydrogen-bond donors (Lipinski definition) is 1. The Hall–Kier alpha value is -2.24. The van der Waals surface area contributed by atoms with E-state index in [9.17, 15) is 0 Å². The first-order chi connectivity index (χ1) is 12.2. The number of anilines is 1. The van der Waals surface area contributed by atoms with E-state index in [-0.39, 0.29) is 0 Å². The van der Waals surface area contributed by atoms with Crippen LogP contribution in [0.2, 0.25) is 0 Å². The summed E-state index contributed by atoms with van der Waals surface area (Å²) in [5.41, 5.74) is 9.16. The highest BCUT2D eigenvalue weighted by Crippen LogP contribution is 2.25. The molecule has 2 N–H and O–H groups in total. The summed E-state index contributed by atoms with van der Waals surface area (Å²) in [5, 5.41) is 0. The number of nitrogens with two attached hydrogens (primary N) is 1. The average molecular weight is 341 g/mol. The second kappa shape index (κ2) is 8.23. The standard InChI is InChI=1S/C20H27N3O2/c1-24-19-6-7-20(25-2)17(13-19)15-23-10-8-22(9-11-23)14-16-4-3-5-18(21)12-16/h3-7,12-13H,8-11,14-15,21H2,1-2H3. The minimum absolute atomic E-state index is 0.834. The van der Waals surface area contributed by atoms with E-state index >= 15 is 0 Å². The second-order valence-electron chi connectivity index (χ2n) is 6.48. The van der Waals surface area contributed by atoms with Crippen LogP contribution >= 0.6 is 0 Å². The molecule has 0 unspecified atom stereocenters. The molecule has 5 heteroatoms. The van der Waals surface area contributed by atoms with Crippen molar-refractivity contribution in [3.8, 4) is 11.5 Å². The van der Waals surface area contributed by atoms with E-state index in [0.717, 1.165) is 56.5 Å². The van der Waals surface area contributed by atoms with Crippen molar-refractivity contribution >= 4 is 5.69 Å². The summed E-state index contributed by atoms with van der Waals surface area (Å²) in [6, 6.07) is 14.1. The molecule has 2 aromatic rings. The number of rotatable bonds is 6. The maximum Gasteiger partial charge on any atom is 0.123 e. The highest BCUT2D eigenvalue weighted by molar-refractivity contribution is 5.41. The van der Waals surface area contributed by atoms with Crippen LogP contribution in [-0.2, 0) is 13.1 Å². The van der Waals surface area contributed by atoms with Crippen molar-refractivity contribution in [2.75, 3.05) is 46.1 Å². The largest absolute Gasteiger partial charge is 0.497 e. The fraction of sp³-hybridized carbons (Fsp3) is 0.400. The summed E-state index contributed by atoms with van der Waals surface area (Å²) < 4.78 is 10.8. The average Bonchev–Trinajstić information content (AvgIpc) is 2.63. The van der Waals surface area contributed by atoms with E-state index < -0.39 is 0 Å². The summed E-state index contributed by atoms with van der Waals surface area (Å²) >= 11 is 0. The Balaban J connectivity index is 1.56. The minimum atomic E-state index is 0.834. The van der Waals surface area contributed by atoms with Gasteiger partial charge in [0.25, 0.3) is 0 Å². The first-order valence-corrected chi connectivity index (χ1v) is 8.68. The van der Waals surface area contributed by atoms with Crippen LogP contribution in [0.3, 0.4) is 0 Å². The Labute approximate surface area is 149 Å². The lowest BCUT2D eigenvalue weighted by molar-refractivity contribution is 0.121. The smallest absolute Gasteiger partial charge is 0.123 e. The zero-order valence-electron chi connectivity index (χ0n) is 15.1. The highest BCUT2D eigenvalue weighted by Gasteiger charge is 2.18. The SMILES string of the molecule is COc1ccc(OC)c(CN2CCN(Cc3cccc(N)c3)CC2)c1. The molecular formula is C20H27N3O2. The number of nitrogen functional groups attached to an aromatic ring is 1. The van der Waals surface area contributed by atoms with Gasteiger partial charge in [-0.3, -0.25) is 9.80 Å². The van der Waals surface area contributed by atoms with Gasteiger partial charge in [0.15, 0.2) is 0 Å². The van der Waals surface area contributed by atoms with Crippen LogP contribution in [-0.4, -0.2) is 50.2 Å². The lowest BCUT2D eigenvalue weighted by Crippen LogP contribution is -2.45. The van der Waals surface area contributed by atoms with Crippen molar-refractivity contribution in [1.82, 2.24) is 9.80 Å². The highest BCUT2D eigenvalue weighted by atomic mass is 16.5. The predicted molar refractivity (Wildman–Crippen MR) is 101 cm³/mol. The summed E-state index contributed by atoms with van der Waals surface area (Å²) in [6.45, 7) is 6.04. The van der Waals surface area contributed by atoms with Gasteiger partial charge in [0.05, 0.1) is 14.2 Å². The van der Waals surface area contributed by atoms with Crippen molar-refractivity contribution in [2.24, 2.45) is 0 Å². The van der Waals surface area contributed by atoms with Gasteiger partial charge in [-0.15, -0.1) is 0 Å². The monoisotopic (exact) mass is 341 g/mol. The molecule has 1 aliphatic rings. The van der Waals surface area contributed by atoms with E-state index in [0.29, 0.717) is 0 Å². The van der Waals surface area contributed by atoms with Crippen molar-refractivity contribution in [3.63, 3.8) is 0 Å². The van der Waals surface area contributed by atoms with Gasteiger partial charge < -0.3 is 15.2 Å². The van der Waals surface area contributed by atoms with Crippen molar-refractivity contribution in [3.05, 3.63) is 53.6 Å². The van der Waals surface area contributed by atoms with E-state index in [2.05, 4.69) is 28.0 Å². The summed E-state index contributed by atoms with van der Waals surface area (Å²) in [4.78, 5) is 4.95. The molecule has 1 saturated heterocycles. The van der Waals surface area contributed by atoms with Crippen molar-refractivity contribution < 1.29 is 9.47 Å². The van der Waals surface area contributed by atoms with Crippen LogP contribution in [0.4, 0.5) is 5.69 Å². The molecule has 1 aliphatic heterocycles. The first kappa shape index (κ1) is 17.6. The third-order valence-electron chi connectivity index (χ3n) is 4.70. The minimum Gasteiger partial charge on any atom is -0.497 e. The summed E-state index contributed by atoms with van der Waals surface area (Å²) in [7, 11) is 3.41. The van der Waals surface area contributed by atoms with Crippen LogP contribution in [0.25, 0.3) is 0 Å². The van der Waals surface area contributed by atoms with Gasteiger partial charge in [0, 0.05) is 50.5 Å². The molecule has 0 amide bonds.